The maximum absolute atomic E-state index is 14.5. The van der Waals surface area contributed by atoms with Crippen molar-refractivity contribution in [3.8, 4) is 0 Å². The average Bonchev–Trinajstić information content (AvgIpc) is 2.87. The molecule has 0 fully saturated rings. The molecule has 0 radical (unpaired) electrons. The summed E-state index contributed by atoms with van der Waals surface area (Å²) in [5.41, 5.74) is -0.103. The Labute approximate surface area is 150 Å². The normalized spacial score (nSPS) is 13.3. The molecule has 2 rings (SSSR count). The zero-order valence-electron chi connectivity index (χ0n) is 15.0. The van der Waals surface area contributed by atoms with Gasteiger partial charge in [0.15, 0.2) is 0 Å². The second-order valence-corrected chi connectivity index (χ2v) is 8.10. The van der Waals surface area contributed by atoms with E-state index in [1.54, 1.807) is 6.92 Å². The Morgan fingerprint density at radius 2 is 1.96 bits per heavy atom. The first kappa shape index (κ1) is 20.2. The molecule has 26 heavy (non-hydrogen) atoms. The largest absolute Gasteiger partial charge is 0.436 e. The molecular weight excluding hydrogens is 368 g/mol. The topological polar surface area (TPSA) is 85.4 Å². The molecule has 0 bridgehead atoms. The summed E-state index contributed by atoms with van der Waals surface area (Å²) < 4.78 is 59.5. The van der Waals surface area contributed by atoms with Gasteiger partial charge in [-0.2, -0.15) is 8.99 Å². The fourth-order valence-corrected chi connectivity index (χ4v) is 3.42. The lowest BCUT2D eigenvalue weighted by molar-refractivity contribution is 0.399. The highest BCUT2D eigenvalue weighted by molar-refractivity contribution is 7.88. The summed E-state index contributed by atoms with van der Waals surface area (Å²) in [5.74, 6) is -2.99. The van der Waals surface area contributed by atoms with E-state index in [1.807, 2.05) is 0 Å². The molecule has 1 aromatic heterocycles. The van der Waals surface area contributed by atoms with Crippen molar-refractivity contribution >= 4 is 10.0 Å². The summed E-state index contributed by atoms with van der Waals surface area (Å²) in [6, 6.07) is 1.95. The second kappa shape index (κ2) is 7.67. The standard InChI is InChI=1S/C16H21F2N3O4S/c1-5-6-21(26(4,23)24)9-11-7-14(18)12(8-13(11)17)10(2)15-19-20(3)16(22)25-15/h7-8,10H,5-6,9H2,1-4H3. The van der Waals surface area contributed by atoms with Crippen LogP contribution in [-0.4, -0.2) is 35.3 Å². The van der Waals surface area contributed by atoms with Crippen LogP contribution in [0.3, 0.4) is 0 Å². The van der Waals surface area contributed by atoms with Gasteiger partial charge in [0.2, 0.25) is 15.9 Å². The van der Waals surface area contributed by atoms with E-state index in [0.29, 0.717) is 6.42 Å². The van der Waals surface area contributed by atoms with E-state index in [-0.39, 0.29) is 30.1 Å². The number of benzene rings is 1. The lowest BCUT2D eigenvalue weighted by Crippen LogP contribution is -2.30. The molecule has 1 heterocycles. The fraction of sp³-hybridized carbons (Fsp3) is 0.500. The monoisotopic (exact) mass is 389 g/mol. The number of rotatable bonds is 7. The van der Waals surface area contributed by atoms with Gasteiger partial charge in [0.05, 0.1) is 12.2 Å². The van der Waals surface area contributed by atoms with Gasteiger partial charge in [-0.1, -0.05) is 6.92 Å². The summed E-state index contributed by atoms with van der Waals surface area (Å²) in [5, 5.41) is 3.85. The SMILES string of the molecule is CCCN(Cc1cc(F)c(C(C)c2nn(C)c(=O)o2)cc1F)S(C)(=O)=O. The molecule has 0 aliphatic heterocycles. The van der Waals surface area contributed by atoms with Crippen molar-refractivity contribution in [3.63, 3.8) is 0 Å². The Balaban J connectivity index is 2.37. The van der Waals surface area contributed by atoms with E-state index in [1.165, 1.54) is 14.0 Å². The van der Waals surface area contributed by atoms with Crippen molar-refractivity contribution in [3.05, 3.63) is 51.3 Å². The van der Waals surface area contributed by atoms with Crippen molar-refractivity contribution < 1.29 is 21.6 Å². The van der Waals surface area contributed by atoms with Crippen molar-refractivity contribution in [2.75, 3.05) is 12.8 Å². The third kappa shape index (κ3) is 4.36. The molecule has 144 valence electrons. The van der Waals surface area contributed by atoms with E-state index in [4.69, 9.17) is 4.42 Å². The smallest absolute Gasteiger partial charge is 0.392 e. The molecule has 0 saturated heterocycles. The zero-order valence-corrected chi connectivity index (χ0v) is 15.8. The lowest BCUT2D eigenvalue weighted by atomic mass is 9.98. The molecule has 2 aromatic rings. The van der Waals surface area contributed by atoms with Crippen molar-refractivity contribution in [1.29, 1.82) is 0 Å². The molecule has 0 saturated carbocycles. The first-order valence-corrected chi connectivity index (χ1v) is 9.86. The van der Waals surface area contributed by atoms with Crippen LogP contribution >= 0.6 is 0 Å². The number of hydrogen-bond donors (Lipinski definition) is 0. The van der Waals surface area contributed by atoms with Crippen molar-refractivity contribution in [1.82, 2.24) is 14.1 Å². The molecular formula is C16H21F2N3O4S. The summed E-state index contributed by atoms with van der Waals surface area (Å²) in [4.78, 5) is 11.4. The van der Waals surface area contributed by atoms with Gasteiger partial charge in [-0.15, -0.1) is 5.10 Å². The molecule has 7 nitrogen and oxygen atoms in total. The predicted molar refractivity (Wildman–Crippen MR) is 91.2 cm³/mol. The highest BCUT2D eigenvalue weighted by atomic mass is 32.2. The Hall–Kier alpha value is -2.07. The molecule has 0 N–H and O–H groups in total. The highest BCUT2D eigenvalue weighted by Crippen LogP contribution is 2.27. The van der Waals surface area contributed by atoms with Gasteiger partial charge in [-0.3, -0.25) is 0 Å². The van der Waals surface area contributed by atoms with Gasteiger partial charge in [0.1, 0.15) is 11.6 Å². The molecule has 1 atom stereocenters. The molecule has 10 heteroatoms. The first-order chi connectivity index (χ1) is 12.0. The number of aryl methyl sites for hydroxylation is 1. The zero-order chi connectivity index (χ0) is 19.6. The summed E-state index contributed by atoms with van der Waals surface area (Å²) >= 11 is 0. The first-order valence-electron chi connectivity index (χ1n) is 8.01. The van der Waals surface area contributed by atoms with Gasteiger partial charge in [-0.25, -0.2) is 22.0 Å². The Bertz CT molecular complexity index is 953. The summed E-state index contributed by atoms with van der Waals surface area (Å²) in [6.45, 7) is 3.27. The fourth-order valence-electron chi connectivity index (χ4n) is 2.53. The summed E-state index contributed by atoms with van der Waals surface area (Å²) in [7, 11) is -2.16. The lowest BCUT2D eigenvalue weighted by Gasteiger charge is -2.20. The second-order valence-electron chi connectivity index (χ2n) is 6.11. The van der Waals surface area contributed by atoms with Crippen LogP contribution in [0, 0.1) is 11.6 Å². The van der Waals surface area contributed by atoms with Gasteiger partial charge in [-0.05, 0) is 25.5 Å². The van der Waals surface area contributed by atoms with Gasteiger partial charge in [0.25, 0.3) is 0 Å². The van der Waals surface area contributed by atoms with E-state index in [2.05, 4.69) is 5.10 Å². The van der Waals surface area contributed by atoms with Crippen LogP contribution in [0.25, 0.3) is 0 Å². The van der Waals surface area contributed by atoms with Crippen LogP contribution in [0.1, 0.15) is 43.2 Å². The molecule has 0 spiro atoms. The number of nitrogens with zero attached hydrogens (tertiary/aromatic N) is 3. The molecule has 0 aliphatic carbocycles. The number of hydrogen-bond acceptors (Lipinski definition) is 5. The van der Waals surface area contributed by atoms with Crippen LogP contribution in [-0.2, 0) is 23.6 Å². The third-order valence-corrected chi connectivity index (χ3v) is 5.25. The maximum atomic E-state index is 14.5. The summed E-state index contributed by atoms with van der Waals surface area (Å²) in [6.07, 6.45) is 1.57. The van der Waals surface area contributed by atoms with Crippen molar-refractivity contribution in [2.45, 2.75) is 32.7 Å². The predicted octanol–water partition coefficient (Wildman–Crippen LogP) is 1.97. The minimum atomic E-state index is -3.54. The highest BCUT2D eigenvalue weighted by Gasteiger charge is 2.24. The molecule has 0 amide bonds. The quantitative estimate of drug-likeness (QED) is 0.723. The Morgan fingerprint density at radius 1 is 1.31 bits per heavy atom. The minimum absolute atomic E-state index is 0.0329. The Morgan fingerprint density at radius 3 is 2.46 bits per heavy atom. The minimum Gasteiger partial charge on any atom is -0.392 e. The van der Waals surface area contributed by atoms with Gasteiger partial charge < -0.3 is 4.42 Å². The number of halogens is 2. The molecule has 0 aliphatic rings. The van der Waals surface area contributed by atoms with Crippen molar-refractivity contribution in [2.24, 2.45) is 7.05 Å². The third-order valence-electron chi connectivity index (χ3n) is 4.00. The molecule has 1 unspecified atom stereocenters. The Kier molecular flexibility index (Phi) is 5.97. The van der Waals surface area contributed by atoms with Crippen LogP contribution in [0.15, 0.2) is 21.3 Å². The van der Waals surface area contributed by atoms with Gasteiger partial charge in [0, 0.05) is 31.3 Å². The van der Waals surface area contributed by atoms with Crippen LogP contribution < -0.4 is 5.76 Å². The maximum Gasteiger partial charge on any atom is 0.436 e. The number of aromatic nitrogens is 2. The van der Waals surface area contributed by atoms with Crippen LogP contribution in [0.2, 0.25) is 0 Å². The average molecular weight is 389 g/mol. The molecule has 1 aromatic carbocycles. The van der Waals surface area contributed by atoms with E-state index in [0.717, 1.165) is 27.4 Å². The van der Waals surface area contributed by atoms with E-state index in [9.17, 15) is 22.0 Å². The van der Waals surface area contributed by atoms with E-state index >= 15 is 0 Å². The van der Waals surface area contributed by atoms with Crippen LogP contribution in [0.4, 0.5) is 8.78 Å². The van der Waals surface area contributed by atoms with Gasteiger partial charge >= 0.3 is 5.76 Å². The van der Waals surface area contributed by atoms with E-state index < -0.39 is 33.3 Å². The van der Waals surface area contributed by atoms with Crippen LogP contribution in [0.5, 0.6) is 0 Å². The number of sulfonamides is 1.